The maximum absolute atomic E-state index is 11.3. The van der Waals surface area contributed by atoms with Crippen LogP contribution in [0.4, 0.5) is 4.79 Å². The molecule has 5 heteroatoms. The van der Waals surface area contributed by atoms with E-state index in [1.165, 1.54) is 0 Å². The largest absolute Gasteiger partial charge is 0.449 e. The molecule has 1 aromatic rings. The first kappa shape index (κ1) is 14.1. The Morgan fingerprint density at radius 1 is 1.47 bits per heavy atom. The van der Waals surface area contributed by atoms with Crippen molar-refractivity contribution >= 4 is 30.1 Å². The SMILES string of the molecule is CC1(C)COC(=O)N[C@@H]1c1cccc(Cl)c1.Cl. The fourth-order valence-corrected chi connectivity index (χ4v) is 2.11. The van der Waals surface area contributed by atoms with Crippen molar-refractivity contribution < 1.29 is 9.53 Å². The zero-order chi connectivity index (χ0) is 11.8. The highest BCUT2D eigenvalue weighted by molar-refractivity contribution is 6.30. The van der Waals surface area contributed by atoms with Gasteiger partial charge in [-0.25, -0.2) is 4.79 Å². The number of carbonyl (C=O) groups excluding carboxylic acids is 1. The van der Waals surface area contributed by atoms with Crippen LogP contribution in [0.25, 0.3) is 0 Å². The highest BCUT2D eigenvalue weighted by Gasteiger charge is 2.37. The average Bonchev–Trinajstić information content (AvgIpc) is 2.22. The number of nitrogens with one attached hydrogen (secondary N) is 1. The van der Waals surface area contributed by atoms with E-state index in [9.17, 15) is 4.79 Å². The molecule has 1 saturated heterocycles. The van der Waals surface area contributed by atoms with E-state index in [0.29, 0.717) is 11.6 Å². The van der Waals surface area contributed by atoms with Crippen molar-refractivity contribution in [3.05, 3.63) is 34.9 Å². The highest BCUT2D eigenvalue weighted by atomic mass is 35.5. The Kier molecular flexibility index (Phi) is 4.28. The first-order valence-corrected chi connectivity index (χ1v) is 5.55. The molecule has 1 heterocycles. The van der Waals surface area contributed by atoms with Crippen LogP contribution < -0.4 is 5.32 Å². The molecule has 1 amide bonds. The van der Waals surface area contributed by atoms with Gasteiger partial charge in [-0.15, -0.1) is 12.4 Å². The molecule has 0 bridgehead atoms. The lowest BCUT2D eigenvalue weighted by Crippen LogP contribution is -2.46. The smallest absolute Gasteiger partial charge is 0.407 e. The summed E-state index contributed by atoms with van der Waals surface area (Å²) in [5.41, 5.74) is 0.868. The third-order valence-corrected chi connectivity index (χ3v) is 3.04. The molecular formula is C12H15Cl2NO2. The van der Waals surface area contributed by atoms with Crippen molar-refractivity contribution in [3.63, 3.8) is 0 Å². The van der Waals surface area contributed by atoms with Gasteiger partial charge >= 0.3 is 6.09 Å². The van der Waals surface area contributed by atoms with Crippen LogP contribution in [0.2, 0.25) is 5.02 Å². The van der Waals surface area contributed by atoms with Gasteiger partial charge in [-0.05, 0) is 17.7 Å². The van der Waals surface area contributed by atoms with Crippen LogP contribution in [0.15, 0.2) is 24.3 Å². The molecule has 1 aliphatic heterocycles. The Labute approximate surface area is 112 Å². The van der Waals surface area contributed by atoms with Crippen molar-refractivity contribution in [1.29, 1.82) is 0 Å². The van der Waals surface area contributed by atoms with Crippen LogP contribution in [0.5, 0.6) is 0 Å². The van der Waals surface area contributed by atoms with Gasteiger partial charge in [-0.1, -0.05) is 37.6 Å². The number of amides is 1. The van der Waals surface area contributed by atoms with Gasteiger partial charge in [0.25, 0.3) is 0 Å². The quantitative estimate of drug-likeness (QED) is 0.851. The van der Waals surface area contributed by atoms with Crippen LogP contribution in [0.3, 0.4) is 0 Å². The zero-order valence-electron chi connectivity index (χ0n) is 9.70. The third-order valence-electron chi connectivity index (χ3n) is 2.80. The van der Waals surface area contributed by atoms with Gasteiger partial charge in [-0.2, -0.15) is 0 Å². The third kappa shape index (κ3) is 3.05. The summed E-state index contributed by atoms with van der Waals surface area (Å²) in [6.45, 7) is 4.52. The minimum absolute atomic E-state index is 0. The summed E-state index contributed by atoms with van der Waals surface area (Å²) in [6.07, 6.45) is -0.371. The summed E-state index contributed by atoms with van der Waals surface area (Å²) < 4.78 is 4.99. The minimum atomic E-state index is -0.371. The molecule has 17 heavy (non-hydrogen) atoms. The average molecular weight is 276 g/mol. The van der Waals surface area contributed by atoms with Gasteiger partial charge in [0.15, 0.2) is 0 Å². The maximum atomic E-state index is 11.3. The summed E-state index contributed by atoms with van der Waals surface area (Å²) in [6, 6.07) is 7.48. The number of alkyl carbamates (subject to hydrolysis) is 1. The summed E-state index contributed by atoms with van der Waals surface area (Å²) >= 11 is 5.95. The van der Waals surface area contributed by atoms with E-state index >= 15 is 0 Å². The Morgan fingerprint density at radius 3 is 2.82 bits per heavy atom. The number of benzene rings is 1. The molecular weight excluding hydrogens is 261 g/mol. The number of hydrogen-bond donors (Lipinski definition) is 1. The molecule has 3 nitrogen and oxygen atoms in total. The molecule has 0 saturated carbocycles. The van der Waals surface area contributed by atoms with Crippen molar-refractivity contribution in [1.82, 2.24) is 5.32 Å². The molecule has 1 fully saturated rings. The Morgan fingerprint density at radius 2 is 2.18 bits per heavy atom. The summed E-state index contributed by atoms with van der Waals surface area (Å²) in [7, 11) is 0. The lowest BCUT2D eigenvalue weighted by molar-refractivity contribution is 0.0387. The maximum Gasteiger partial charge on any atom is 0.407 e. The molecule has 1 atom stereocenters. The van der Waals surface area contributed by atoms with Gasteiger partial charge < -0.3 is 10.1 Å². The van der Waals surface area contributed by atoms with Gasteiger partial charge in [0.2, 0.25) is 0 Å². The lowest BCUT2D eigenvalue weighted by atomic mass is 9.80. The Balaban J connectivity index is 0.00000144. The number of ether oxygens (including phenoxy) is 1. The van der Waals surface area contributed by atoms with Crippen molar-refractivity contribution in [2.45, 2.75) is 19.9 Å². The number of cyclic esters (lactones) is 1. The van der Waals surface area contributed by atoms with Gasteiger partial charge in [-0.3, -0.25) is 0 Å². The van der Waals surface area contributed by atoms with Gasteiger partial charge in [0.1, 0.15) is 6.61 Å². The molecule has 1 aliphatic rings. The Bertz CT molecular complexity index is 421. The second kappa shape index (κ2) is 5.15. The number of carbonyl (C=O) groups is 1. The second-order valence-electron chi connectivity index (χ2n) is 4.70. The molecule has 0 spiro atoms. The topological polar surface area (TPSA) is 38.3 Å². The van der Waals surface area contributed by atoms with Gasteiger partial charge in [0.05, 0.1) is 6.04 Å². The molecule has 1 N–H and O–H groups in total. The number of rotatable bonds is 1. The molecule has 1 aromatic carbocycles. The summed E-state index contributed by atoms with van der Waals surface area (Å²) in [5.74, 6) is 0. The van der Waals surface area contributed by atoms with Crippen LogP contribution in [0, 0.1) is 5.41 Å². The van der Waals surface area contributed by atoms with Crippen LogP contribution >= 0.6 is 24.0 Å². The fraction of sp³-hybridized carbons (Fsp3) is 0.417. The molecule has 0 unspecified atom stereocenters. The molecule has 0 radical (unpaired) electrons. The van der Waals surface area contributed by atoms with Crippen LogP contribution in [-0.2, 0) is 4.74 Å². The zero-order valence-corrected chi connectivity index (χ0v) is 11.3. The normalized spacial score (nSPS) is 22.1. The van der Waals surface area contributed by atoms with E-state index in [0.717, 1.165) is 5.56 Å². The van der Waals surface area contributed by atoms with E-state index in [2.05, 4.69) is 19.2 Å². The molecule has 2 rings (SSSR count). The predicted molar refractivity (Wildman–Crippen MR) is 69.7 cm³/mol. The van der Waals surface area contributed by atoms with E-state index < -0.39 is 0 Å². The van der Waals surface area contributed by atoms with E-state index in [1.807, 2.05) is 24.3 Å². The molecule has 94 valence electrons. The van der Waals surface area contributed by atoms with Crippen molar-refractivity contribution in [3.8, 4) is 0 Å². The first-order valence-electron chi connectivity index (χ1n) is 5.18. The predicted octanol–water partition coefficient (Wildman–Crippen LogP) is 3.57. The number of halogens is 2. The summed E-state index contributed by atoms with van der Waals surface area (Å²) in [5, 5.41) is 3.51. The minimum Gasteiger partial charge on any atom is -0.449 e. The van der Waals surface area contributed by atoms with E-state index in [4.69, 9.17) is 16.3 Å². The molecule has 0 aromatic heterocycles. The lowest BCUT2D eigenvalue weighted by Gasteiger charge is -2.38. The van der Waals surface area contributed by atoms with E-state index in [-0.39, 0.29) is 30.0 Å². The summed E-state index contributed by atoms with van der Waals surface area (Å²) in [4.78, 5) is 11.3. The highest BCUT2D eigenvalue weighted by Crippen LogP contribution is 2.36. The fourth-order valence-electron chi connectivity index (χ4n) is 1.91. The monoisotopic (exact) mass is 275 g/mol. The van der Waals surface area contributed by atoms with Crippen LogP contribution in [0.1, 0.15) is 25.5 Å². The van der Waals surface area contributed by atoms with Crippen LogP contribution in [-0.4, -0.2) is 12.7 Å². The molecule has 0 aliphatic carbocycles. The standard InChI is InChI=1S/C12H14ClNO2.ClH/c1-12(2)7-16-11(15)14-10(12)8-4-3-5-9(13)6-8;/h3-6,10H,7H2,1-2H3,(H,14,15);1H/t10-;/m1./s1. The second-order valence-corrected chi connectivity index (χ2v) is 5.13. The van der Waals surface area contributed by atoms with E-state index in [1.54, 1.807) is 0 Å². The van der Waals surface area contributed by atoms with Crippen molar-refractivity contribution in [2.75, 3.05) is 6.61 Å². The van der Waals surface area contributed by atoms with Crippen molar-refractivity contribution in [2.24, 2.45) is 5.41 Å². The first-order chi connectivity index (χ1) is 7.49. The number of hydrogen-bond acceptors (Lipinski definition) is 2. The Hall–Kier alpha value is -0.930. The van der Waals surface area contributed by atoms with Gasteiger partial charge in [0, 0.05) is 10.4 Å².